The summed E-state index contributed by atoms with van der Waals surface area (Å²) in [5.74, 6) is 1.84. The molecule has 0 radical (unpaired) electrons. The monoisotopic (exact) mass is 476 g/mol. The Balaban J connectivity index is 1.59. The minimum atomic E-state index is -0.503. The molecule has 0 aliphatic carbocycles. The van der Waals surface area contributed by atoms with Gasteiger partial charge in [0.2, 0.25) is 11.7 Å². The maximum absolute atomic E-state index is 13.5. The van der Waals surface area contributed by atoms with Gasteiger partial charge in [-0.3, -0.25) is 9.36 Å². The summed E-state index contributed by atoms with van der Waals surface area (Å²) < 4.78 is 19.3. The van der Waals surface area contributed by atoms with E-state index in [0.29, 0.717) is 45.4 Å². The van der Waals surface area contributed by atoms with Crippen LogP contribution in [-0.4, -0.2) is 33.0 Å². The number of benzene rings is 2. The molecular weight excluding hydrogens is 456 g/mol. The van der Waals surface area contributed by atoms with Crippen LogP contribution < -0.4 is 20.7 Å². The van der Waals surface area contributed by atoms with Crippen molar-refractivity contribution in [1.82, 2.24) is 19.3 Å². The standard InChI is InChI=1S/C24H20N4O5S/c1-3-32-16-10-8-15(9-11-16)28-23(29)21-18(12-13-34-21)27(24(28)30)14-20-25-22(26-33-20)17-6-4-5-7-19(17)31-2/h4-13H,3,14H2,1-2H3. The maximum atomic E-state index is 13.5. The maximum Gasteiger partial charge on any atom is 0.336 e. The first-order chi connectivity index (χ1) is 16.6. The quantitative estimate of drug-likeness (QED) is 0.353. The Morgan fingerprint density at radius 1 is 1.06 bits per heavy atom. The van der Waals surface area contributed by atoms with Gasteiger partial charge in [-0.15, -0.1) is 11.3 Å². The molecule has 5 rings (SSSR count). The van der Waals surface area contributed by atoms with E-state index in [9.17, 15) is 9.59 Å². The fourth-order valence-electron chi connectivity index (χ4n) is 3.72. The number of nitrogens with zero attached hydrogens (tertiary/aromatic N) is 4. The van der Waals surface area contributed by atoms with E-state index in [1.54, 1.807) is 48.9 Å². The normalized spacial score (nSPS) is 11.1. The van der Waals surface area contributed by atoms with Gasteiger partial charge in [-0.2, -0.15) is 4.98 Å². The number of rotatable bonds is 7. The van der Waals surface area contributed by atoms with Crippen molar-refractivity contribution in [1.29, 1.82) is 0 Å². The van der Waals surface area contributed by atoms with Crippen LogP contribution in [-0.2, 0) is 6.54 Å². The van der Waals surface area contributed by atoms with Crippen molar-refractivity contribution < 1.29 is 14.0 Å². The summed E-state index contributed by atoms with van der Waals surface area (Å²) in [5.41, 5.74) is 0.752. The Hall–Kier alpha value is -4.18. The summed E-state index contributed by atoms with van der Waals surface area (Å²) in [7, 11) is 1.57. The van der Waals surface area contributed by atoms with Crippen LogP contribution in [0.5, 0.6) is 11.5 Å². The largest absolute Gasteiger partial charge is 0.496 e. The molecule has 2 aromatic carbocycles. The molecule has 0 unspecified atom stereocenters. The molecule has 172 valence electrons. The fraction of sp³-hybridized carbons (Fsp3) is 0.167. The highest BCUT2D eigenvalue weighted by molar-refractivity contribution is 7.17. The smallest absolute Gasteiger partial charge is 0.336 e. The molecule has 0 aliphatic rings. The van der Waals surface area contributed by atoms with E-state index in [1.807, 2.05) is 25.1 Å². The molecule has 5 aromatic rings. The molecule has 0 N–H and O–H groups in total. The highest BCUT2D eigenvalue weighted by atomic mass is 32.1. The zero-order valence-electron chi connectivity index (χ0n) is 18.4. The van der Waals surface area contributed by atoms with Gasteiger partial charge in [0.05, 0.1) is 30.5 Å². The SMILES string of the molecule is CCOc1ccc(-n2c(=O)c3sccc3n(Cc3nc(-c4ccccc4OC)no3)c2=O)cc1. The van der Waals surface area contributed by atoms with E-state index in [0.717, 1.165) is 4.57 Å². The van der Waals surface area contributed by atoms with Crippen molar-refractivity contribution in [2.45, 2.75) is 13.5 Å². The third-order valence-corrected chi connectivity index (χ3v) is 6.16. The molecule has 9 nitrogen and oxygen atoms in total. The number of fused-ring (bicyclic) bond motifs is 1. The first-order valence-electron chi connectivity index (χ1n) is 10.5. The molecule has 0 saturated carbocycles. The van der Waals surface area contributed by atoms with Crippen molar-refractivity contribution in [3.8, 4) is 28.6 Å². The van der Waals surface area contributed by atoms with Gasteiger partial charge in [0.15, 0.2) is 0 Å². The number of aromatic nitrogens is 4. The van der Waals surface area contributed by atoms with Crippen LogP contribution in [0.2, 0.25) is 0 Å². The molecule has 10 heteroatoms. The van der Waals surface area contributed by atoms with E-state index >= 15 is 0 Å². The average molecular weight is 477 g/mol. The second-order valence-electron chi connectivity index (χ2n) is 7.28. The fourth-order valence-corrected chi connectivity index (χ4v) is 4.54. The Labute approximate surface area is 197 Å². The summed E-state index contributed by atoms with van der Waals surface area (Å²) in [6, 6.07) is 15.9. The highest BCUT2D eigenvalue weighted by Crippen LogP contribution is 2.27. The van der Waals surface area contributed by atoms with Crippen molar-refractivity contribution in [3.63, 3.8) is 0 Å². The molecule has 0 amide bonds. The summed E-state index contributed by atoms with van der Waals surface area (Å²) >= 11 is 1.27. The van der Waals surface area contributed by atoms with Crippen molar-refractivity contribution in [3.05, 3.63) is 86.7 Å². The predicted octanol–water partition coefficient (Wildman–Crippen LogP) is 3.72. The summed E-state index contributed by atoms with van der Waals surface area (Å²) in [6.45, 7) is 2.42. The Morgan fingerprint density at radius 3 is 2.62 bits per heavy atom. The van der Waals surface area contributed by atoms with Gasteiger partial charge in [-0.1, -0.05) is 17.3 Å². The number of hydrogen-bond donors (Lipinski definition) is 0. The van der Waals surface area contributed by atoms with Crippen LogP contribution in [0.4, 0.5) is 0 Å². The first kappa shape index (κ1) is 21.7. The molecule has 0 aliphatic heterocycles. The molecule has 3 aromatic heterocycles. The summed E-state index contributed by atoms with van der Waals surface area (Å²) in [6.07, 6.45) is 0. The van der Waals surface area contributed by atoms with Crippen LogP contribution in [0.15, 0.2) is 74.1 Å². The second-order valence-corrected chi connectivity index (χ2v) is 8.20. The molecule has 0 saturated heterocycles. The van der Waals surface area contributed by atoms with Crippen LogP contribution in [0, 0.1) is 0 Å². The van der Waals surface area contributed by atoms with Crippen molar-refractivity contribution in [2.24, 2.45) is 0 Å². The van der Waals surface area contributed by atoms with Crippen molar-refractivity contribution >= 4 is 21.6 Å². The lowest BCUT2D eigenvalue weighted by atomic mass is 10.2. The second kappa shape index (κ2) is 8.99. The lowest BCUT2D eigenvalue weighted by Gasteiger charge is -2.11. The molecule has 3 heterocycles. The van der Waals surface area contributed by atoms with Gasteiger partial charge in [0, 0.05) is 0 Å². The number of ether oxygens (including phenoxy) is 2. The lowest BCUT2D eigenvalue weighted by molar-refractivity contribution is 0.340. The van der Waals surface area contributed by atoms with E-state index in [2.05, 4.69) is 10.1 Å². The number of para-hydroxylation sites is 1. The average Bonchev–Trinajstić information content (AvgIpc) is 3.53. The molecule has 0 fully saturated rings. The van der Waals surface area contributed by atoms with Gasteiger partial charge in [-0.05, 0) is 54.8 Å². The van der Waals surface area contributed by atoms with Gasteiger partial charge < -0.3 is 14.0 Å². The minimum Gasteiger partial charge on any atom is -0.496 e. The number of methoxy groups -OCH3 is 1. The first-order valence-corrected chi connectivity index (χ1v) is 11.4. The van der Waals surface area contributed by atoms with E-state index in [1.165, 1.54) is 15.9 Å². The number of thiophene rings is 1. The van der Waals surface area contributed by atoms with Crippen LogP contribution in [0.3, 0.4) is 0 Å². The zero-order chi connectivity index (χ0) is 23.7. The van der Waals surface area contributed by atoms with Gasteiger partial charge in [-0.25, -0.2) is 9.36 Å². The minimum absolute atomic E-state index is 0.00548. The topological polar surface area (TPSA) is 101 Å². The van der Waals surface area contributed by atoms with E-state index < -0.39 is 5.69 Å². The van der Waals surface area contributed by atoms with Gasteiger partial charge >= 0.3 is 5.69 Å². The molecule has 0 bridgehead atoms. The summed E-state index contributed by atoms with van der Waals surface area (Å²) in [4.78, 5) is 31.1. The van der Waals surface area contributed by atoms with Gasteiger partial charge in [0.25, 0.3) is 5.56 Å². The lowest BCUT2D eigenvalue weighted by Crippen LogP contribution is -2.38. The molecule has 34 heavy (non-hydrogen) atoms. The Bertz CT molecular complexity index is 1580. The Morgan fingerprint density at radius 2 is 1.85 bits per heavy atom. The Kier molecular flexibility index (Phi) is 5.72. The molecule has 0 spiro atoms. The third kappa shape index (κ3) is 3.77. The third-order valence-electron chi connectivity index (χ3n) is 5.27. The molecule has 0 atom stereocenters. The van der Waals surface area contributed by atoms with Crippen molar-refractivity contribution in [2.75, 3.05) is 13.7 Å². The van der Waals surface area contributed by atoms with E-state index in [-0.39, 0.29) is 18.0 Å². The summed E-state index contributed by atoms with van der Waals surface area (Å²) in [5, 5.41) is 5.83. The van der Waals surface area contributed by atoms with E-state index in [4.69, 9.17) is 14.0 Å². The van der Waals surface area contributed by atoms with Gasteiger partial charge in [0.1, 0.15) is 22.7 Å². The van der Waals surface area contributed by atoms with Crippen LogP contribution >= 0.6 is 11.3 Å². The zero-order valence-corrected chi connectivity index (χ0v) is 19.2. The predicted molar refractivity (Wildman–Crippen MR) is 128 cm³/mol. The van der Waals surface area contributed by atoms with Crippen LogP contribution in [0.1, 0.15) is 12.8 Å². The number of hydrogen-bond acceptors (Lipinski definition) is 8. The highest BCUT2D eigenvalue weighted by Gasteiger charge is 2.19. The molecular formula is C24H20N4O5S. The van der Waals surface area contributed by atoms with Crippen LogP contribution in [0.25, 0.3) is 27.3 Å².